The highest BCUT2D eigenvalue weighted by molar-refractivity contribution is 6.31. The van der Waals surface area contributed by atoms with Crippen LogP contribution in [0.4, 0.5) is 19.3 Å². The zero-order valence-electron chi connectivity index (χ0n) is 48.3. The SMILES string of the molecule is C.CC(C)N(CC(=O)NCc1cccc(Cl)c1F)C(=O)Cn1nc(C(N)=O)c2cc(C(=O)N=[N+]=[N-])ccc21.CC(C)N(CC(=O)NCc1cccc(Cl)c1F)C(=O)Cn1nc(C(N)=O)c2cc(NC(=O)N3CCN(C)CC3)ccc21.CN1CCNCC1. The van der Waals surface area contributed by atoms with Crippen molar-refractivity contribution in [1.82, 2.24) is 60.0 Å². The molecule has 0 unspecified atom stereocenters. The molecule has 2 aliphatic heterocycles. The number of azide groups is 1. The lowest BCUT2D eigenvalue weighted by molar-refractivity contribution is -0.138. The van der Waals surface area contributed by atoms with Gasteiger partial charge in [0, 0.05) is 116 Å². The number of halogens is 4. The molecule has 0 spiro atoms. The van der Waals surface area contributed by atoms with Crippen LogP contribution in [0.5, 0.6) is 0 Å². The first-order chi connectivity index (χ1) is 40.9. The number of primary amides is 2. The molecule has 2 saturated heterocycles. The second kappa shape index (κ2) is 32.1. The maximum Gasteiger partial charge on any atom is 0.321 e. The van der Waals surface area contributed by atoms with Crippen LogP contribution in [0.15, 0.2) is 77.9 Å². The highest BCUT2D eigenvalue weighted by Gasteiger charge is 2.27. The van der Waals surface area contributed by atoms with Gasteiger partial charge in [-0.1, -0.05) is 54.9 Å². The third-order valence-electron chi connectivity index (χ3n) is 13.8. The molecule has 0 bridgehead atoms. The van der Waals surface area contributed by atoms with E-state index < -0.39 is 53.0 Å². The molecule has 26 nitrogen and oxygen atoms in total. The Morgan fingerprint density at radius 3 is 1.55 bits per heavy atom. The van der Waals surface area contributed by atoms with Crippen molar-refractivity contribution in [3.05, 3.63) is 133 Å². The fourth-order valence-corrected chi connectivity index (χ4v) is 9.38. The number of nitrogens with one attached hydrogen (secondary N) is 4. The number of piperazine rings is 2. The number of benzene rings is 4. The predicted molar refractivity (Wildman–Crippen MR) is 325 cm³/mol. The number of aromatic nitrogens is 4. The number of carbonyl (C=O) groups excluding carboxylic acids is 8. The van der Waals surface area contributed by atoms with E-state index in [1.54, 1.807) is 62.9 Å². The first kappa shape index (κ1) is 69.0. The zero-order valence-corrected chi connectivity index (χ0v) is 49.8. The van der Waals surface area contributed by atoms with Gasteiger partial charge < -0.3 is 57.2 Å². The number of amides is 9. The van der Waals surface area contributed by atoms with Crippen molar-refractivity contribution in [1.29, 1.82) is 0 Å². The summed E-state index contributed by atoms with van der Waals surface area (Å²) in [4.78, 5) is 112. The molecule has 2 fully saturated rings. The fraction of sp³-hybridized carbons (Fsp3) is 0.404. The van der Waals surface area contributed by atoms with Crippen molar-refractivity contribution in [2.75, 3.05) is 84.9 Å². The van der Waals surface area contributed by atoms with Crippen molar-refractivity contribution < 1.29 is 47.1 Å². The Morgan fingerprint density at radius 2 is 1.13 bits per heavy atom. The number of nitrogens with two attached hydrogens (primary N) is 2. The minimum Gasteiger partial charge on any atom is -0.364 e. The Balaban J connectivity index is 0.000000283. The van der Waals surface area contributed by atoms with Crippen LogP contribution in [0.2, 0.25) is 10.0 Å². The highest BCUT2D eigenvalue weighted by Crippen LogP contribution is 2.26. The number of carbonyl (C=O) groups is 8. The smallest absolute Gasteiger partial charge is 0.321 e. The largest absolute Gasteiger partial charge is 0.364 e. The second-order valence-electron chi connectivity index (χ2n) is 20.7. The van der Waals surface area contributed by atoms with Gasteiger partial charge >= 0.3 is 6.03 Å². The number of likely N-dealkylation sites (N-methyl/N-ethyl adjacent to an activating group) is 2. The Morgan fingerprint density at radius 1 is 0.678 bits per heavy atom. The number of hydrogen-bond acceptors (Lipinski definition) is 13. The van der Waals surface area contributed by atoms with E-state index in [0.717, 1.165) is 26.2 Å². The first-order valence-corrected chi connectivity index (χ1v) is 27.9. The molecule has 0 saturated carbocycles. The van der Waals surface area contributed by atoms with Gasteiger partial charge in [0.05, 0.1) is 34.2 Å². The lowest BCUT2D eigenvalue weighted by atomic mass is 10.1. The van der Waals surface area contributed by atoms with Gasteiger partial charge in [-0.05, 0) is 101 Å². The van der Waals surface area contributed by atoms with E-state index in [9.17, 15) is 47.1 Å². The Bertz CT molecular complexity index is 3540. The topological polar surface area (TPSA) is 337 Å². The maximum absolute atomic E-state index is 14.2. The molecular formula is C57H72Cl2F2N18O8. The quantitative estimate of drug-likeness (QED) is 0.0360. The molecule has 87 heavy (non-hydrogen) atoms. The standard InChI is InChI=1S/C28H34ClFN8O4.C23H22ClFN8O4.C5H12N2.CH4/c1-17(2)37(15-23(39)32-14-18-5-4-6-21(29)25(18)30)24(40)16-38-22-8-7-19(13-20(22)26(34-38)27(31)41)33-28(42)36-11-9-35(3)10-12-36;1-12(2)32(10-18(34)28-9-14-4-3-5-16(24)20(14)25)19(35)11-33-17-7-6-13(23(37)29-31-27)8-15(17)21(30-33)22(26)36;1-7-4-2-6-3-5-7;/h4-8,13,17H,9-12,14-16H2,1-3H3,(H2,31,41)(H,32,39)(H,33,42);3-8,12H,9-11H2,1-2H3,(H2,26,36)(H,28,34);6H,2-5H2,1H3;1H4. The molecule has 2 aromatic heterocycles. The van der Waals surface area contributed by atoms with E-state index >= 15 is 0 Å². The third-order valence-corrected chi connectivity index (χ3v) is 14.4. The van der Waals surface area contributed by atoms with Crippen molar-refractivity contribution in [2.24, 2.45) is 16.6 Å². The number of fused-ring (bicyclic) bond motifs is 2. The molecule has 0 atom stereocenters. The third kappa shape index (κ3) is 18.9. The number of anilines is 1. The van der Waals surface area contributed by atoms with Gasteiger partial charge in [0.1, 0.15) is 24.7 Å². The van der Waals surface area contributed by atoms with Crippen LogP contribution in [0.3, 0.4) is 0 Å². The summed E-state index contributed by atoms with van der Waals surface area (Å²) in [7, 11) is 4.15. The van der Waals surface area contributed by atoms with E-state index in [4.69, 9.17) is 40.2 Å². The summed E-state index contributed by atoms with van der Waals surface area (Å²) < 4.78 is 30.8. The summed E-state index contributed by atoms with van der Waals surface area (Å²) in [5, 5.41) is 23.2. The second-order valence-corrected chi connectivity index (χ2v) is 21.5. The van der Waals surface area contributed by atoms with E-state index in [1.165, 1.54) is 74.7 Å². The Kier molecular flexibility index (Phi) is 25.4. The number of rotatable bonds is 18. The molecule has 4 aromatic carbocycles. The van der Waals surface area contributed by atoms with Crippen LogP contribution in [0.25, 0.3) is 32.2 Å². The van der Waals surface area contributed by atoms with E-state index in [1.807, 2.05) is 7.05 Å². The molecular weight excluding hydrogens is 1170 g/mol. The minimum atomic E-state index is -0.891. The molecule has 0 radical (unpaired) electrons. The molecule has 8 N–H and O–H groups in total. The highest BCUT2D eigenvalue weighted by atomic mass is 35.5. The van der Waals surface area contributed by atoms with Crippen LogP contribution in [-0.4, -0.2) is 183 Å². The van der Waals surface area contributed by atoms with Gasteiger partial charge in [-0.2, -0.15) is 10.2 Å². The summed E-state index contributed by atoms with van der Waals surface area (Å²) in [6, 6.07) is 16.9. The lowest BCUT2D eigenvalue weighted by Gasteiger charge is -2.32. The summed E-state index contributed by atoms with van der Waals surface area (Å²) in [6.07, 6.45) is 0. The van der Waals surface area contributed by atoms with Crippen LogP contribution < -0.4 is 32.7 Å². The van der Waals surface area contributed by atoms with Gasteiger partial charge in [-0.15, -0.1) is 0 Å². The van der Waals surface area contributed by atoms with Gasteiger partial charge in [0.2, 0.25) is 29.5 Å². The number of urea groups is 1. The number of nitrogens with zero attached hydrogens (tertiary/aromatic N) is 12. The van der Waals surface area contributed by atoms with Crippen molar-refractivity contribution in [3.63, 3.8) is 0 Å². The first-order valence-electron chi connectivity index (χ1n) is 27.2. The maximum atomic E-state index is 14.2. The van der Waals surface area contributed by atoms with Crippen molar-refractivity contribution in [3.8, 4) is 0 Å². The average Bonchev–Trinajstić information content (AvgIpc) is 1.78. The van der Waals surface area contributed by atoms with Gasteiger partial charge in [-0.3, -0.25) is 42.9 Å². The molecule has 30 heteroatoms. The molecule has 9 amide bonds. The van der Waals surface area contributed by atoms with Crippen molar-refractivity contribution >= 4 is 98.1 Å². The lowest BCUT2D eigenvalue weighted by Crippen LogP contribution is -2.48. The zero-order chi connectivity index (χ0) is 62.9. The van der Waals surface area contributed by atoms with Crippen molar-refractivity contribution in [2.45, 2.75) is 73.4 Å². The van der Waals surface area contributed by atoms with Gasteiger partial charge in [0.25, 0.3) is 11.8 Å². The van der Waals surface area contributed by atoms with Crippen LogP contribution in [0, 0.1) is 11.6 Å². The molecule has 6 aromatic rings. The van der Waals surface area contributed by atoms with Crippen LogP contribution >= 0.6 is 23.2 Å². The number of hydrogen-bond donors (Lipinski definition) is 6. The van der Waals surface area contributed by atoms with Crippen LogP contribution in [0.1, 0.15) is 77.6 Å². The average molecular weight is 1250 g/mol. The normalized spacial score (nSPS) is 13.3. The summed E-state index contributed by atoms with van der Waals surface area (Å²) in [5.41, 5.74) is 20.9. The molecule has 2 aliphatic rings. The Labute approximate surface area is 511 Å². The summed E-state index contributed by atoms with van der Waals surface area (Å²) >= 11 is 11.6. The van der Waals surface area contributed by atoms with E-state index in [-0.39, 0.29) is 108 Å². The molecule has 0 aliphatic carbocycles. The summed E-state index contributed by atoms with van der Waals surface area (Å²) in [6.45, 7) is 13.0. The minimum absolute atomic E-state index is 0. The molecule has 8 rings (SSSR count). The molecule has 4 heterocycles. The van der Waals surface area contributed by atoms with Gasteiger partial charge in [0.15, 0.2) is 11.4 Å². The fourth-order valence-electron chi connectivity index (χ4n) is 9.00. The van der Waals surface area contributed by atoms with Crippen LogP contribution in [-0.2, 0) is 45.4 Å². The van der Waals surface area contributed by atoms with E-state index in [2.05, 4.69) is 58.3 Å². The predicted octanol–water partition coefficient (Wildman–Crippen LogP) is 5.35. The van der Waals surface area contributed by atoms with Gasteiger partial charge in [-0.25, -0.2) is 13.6 Å². The molecule has 466 valence electrons. The summed E-state index contributed by atoms with van der Waals surface area (Å²) in [5.74, 6) is -5.73. The Hall–Kier alpha value is -8.79. The monoisotopic (exact) mass is 1240 g/mol. The van der Waals surface area contributed by atoms with E-state index in [0.29, 0.717) is 35.2 Å².